The van der Waals surface area contributed by atoms with Gasteiger partial charge >= 0.3 is 0 Å². The lowest BCUT2D eigenvalue weighted by molar-refractivity contribution is -0.123. The molecule has 0 unspecified atom stereocenters. The lowest BCUT2D eigenvalue weighted by Gasteiger charge is -2.16. The van der Waals surface area contributed by atoms with Crippen LogP contribution in [0.15, 0.2) is 48.5 Å². The summed E-state index contributed by atoms with van der Waals surface area (Å²) in [5.41, 5.74) is 1.89. The fourth-order valence-corrected chi connectivity index (χ4v) is 2.92. The molecule has 1 saturated carbocycles. The summed E-state index contributed by atoms with van der Waals surface area (Å²) in [4.78, 5) is 26.0. The van der Waals surface area contributed by atoms with Crippen molar-refractivity contribution in [3.8, 4) is 0 Å². The molecule has 1 aliphatic carbocycles. The summed E-state index contributed by atoms with van der Waals surface area (Å²) < 4.78 is 13.1. The van der Waals surface area contributed by atoms with Gasteiger partial charge in [-0.3, -0.25) is 9.59 Å². The Hall–Kier alpha value is -2.69. The lowest BCUT2D eigenvalue weighted by atomic mass is 9.95. The van der Waals surface area contributed by atoms with Crippen LogP contribution in [-0.4, -0.2) is 30.8 Å². The molecule has 3 rings (SSSR count). The number of halogens is 1. The molecule has 0 saturated heterocycles. The summed E-state index contributed by atoms with van der Waals surface area (Å²) in [6.07, 6.45) is 1.56. The van der Waals surface area contributed by atoms with Gasteiger partial charge in [-0.15, -0.1) is 0 Å². The average molecular weight is 340 g/mol. The van der Waals surface area contributed by atoms with E-state index in [-0.39, 0.29) is 17.6 Å². The number of nitrogens with one attached hydrogen (secondary N) is 1. The highest BCUT2D eigenvalue weighted by atomic mass is 19.1. The van der Waals surface area contributed by atoms with E-state index in [1.807, 2.05) is 12.1 Å². The maximum Gasteiger partial charge on any atom is 0.253 e. The molecule has 0 heterocycles. The van der Waals surface area contributed by atoms with Crippen molar-refractivity contribution in [3.05, 3.63) is 71.0 Å². The standard InChI is InChI=1S/C20H21FN2O2/c1-23(2)18(24)15-5-3-14(4-6-15)13-22-19(25)20(11-12-20)16-7-9-17(21)10-8-16/h3-10H,11-13H2,1-2H3,(H,22,25). The van der Waals surface area contributed by atoms with Gasteiger partial charge in [0, 0.05) is 26.2 Å². The maximum absolute atomic E-state index is 13.1. The van der Waals surface area contributed by atoms with E-state index in [4.69, 9.17) is 0 Å². The lowest BCUT2D eigenvalue weighted by Crippen LogP contribution is -2.34. The summed E-state index contributed by atoms with van der Waals surface area (Å²) in [5.74, 6) is -0.385. The van der Waals surface area contributed by atoms with E-state index in [1.54, 1.807) is 38.4 Å². The molecule has 0 bridgehead atoms. The fourth-order valence-electron chi connectivity index (χ4n) is 2.92. The van der Waals surface area contributed by atoms with Crippen LogP contribution in [0.25, 0.3) is 0 Å². The van der Waals surface area contributed by atoms with E-state index in [9.17, 15) is 14.0 Å². The Bertz CT molecular complexity index is 778. The van der Waals surface area contributed by atoms with Crippen LogP contribution >= 0.6 is 0 Å². The summed E-state index contributed by atoms with van der Waals surface area (Å²) in [7, 11) is 3.42. The van der Waals surface area contributed by atoms with Gasteiger partial charge in [-0.2, -0.15) is 0 Å². The number of carbonyl (C=O) groups is 2. The van der Waals surface area contributed by atoms with Crippen molar-refractivity contribution < 1.29 is 14.0 Å². The Kier molecular flexibility index (Phi) is 4.57. The van der Waals surface area contributed by atoms with Crippen molar-refractivity contribution in [2.45, 2.75) is 24.8 Å². The normalized spacial score (nSPS) is 14.7. The first-order valence-corrected chi connectivity index (χ1v) is 8.27. The Morgan fingerprint density at radius 3 is 2.16 bits per heavy atom. The molecule has 0 aromatic heterocycles. The van der Waals surface area contributed by atoms with Crippen molar-refractivity contribution in [1.82, 2.24) is 10.2 Å². The van der Waals surface area contributed by atoms with Crippen molar-refractivity contribution in [1.29, 1.82) is 0 Å². The van der Waals surface area contributed by atoms with Crippen LogP contribution in [0, 0.1) is 5.82 Å². The molecule has 4 nitrogen and oxygen atoms in total. The Morgan fingerprint density at radius 1 is 1.04 bits per heavy atom. The molecule has 1 aliphatic rings. The van der Waals surface area contributed by atoms with Gasteiger partial charge in [-0.1, -0.05) is 24.3 Å². The summed E-state index contributed by atoms with van der Waals surface area (Å²) in [6.45, 7) is 0.401. The van der Waals surface area contributed by atoms with E-state index in [0.29, 0.717) is 12.1 Å². The second kappa shape index (κ2) is 6.67. The summed E-state index contributed by atoms with van der Waals surface area (Å²) >= 11 is 0. The molecule has 2 amide bonds. The Morgan fingerprint density at radius 2 is 1.64 bits per heavy atom. The topological polar surface area (TPSA) is 49.4 Å². The number of amides is 2. The van der Waals surface area contributed by atoms with E-state index >= 15 is 0 Å². The molecular weight excluding hydrogens is 319 g/mol. The molecule has 2 aromatic rings. The van der Waals surface area contributed by atoms with E-state index < -0.39 is 5.41 Å². The van der Waals surface area contributed by atoms with Gasteiger partial charge in [0.1, 0.15) is 5.82 Å². The smallest absolute Gasteiger partial charge is 0.253 e. The van der Waals surface area contributed by atoms with Crippen molar-refractivity contribution in [2.75, 3.05) is 14.1 Å². The molecule has 1 fully saturated rings. The van der Waals surface area contributed by atoms with Crippen molar-refractivity contribution in [2.24, 2.45) is 0 Å². The molecular formula is C20H21FN2O2. The van der Waals surface area contributed by atoms with Crippen molar-refractivity contribution >= 4 is 11.8 Å². The zero-order chi connectivity index (χ0) is 18.0. The molecule has 2 aromatic carbocycles. The largest absolute Gasteiger partial charge is 0.351 e. The van der Waals surface area contributed by atoms with E-state index in [2.05, 4.69) is 5.32 Å². The zero-order valence-corrected chi connectivity index (χ0v) is 14.4. The van der Waals surface area contributed by atoms with Gasteiger partial charge < -0.3 is 10.2 Å². The number of rotatable bonds is 5. The highest BCUT2D eigenvalue weighted by Gasteiger charge is 2.51. The second-order valence-electron chi connectivity index (χ2n) is 6.67. The fraction of sp³-hybridized carbons (Fsp3) is 0.300. The zero-order valence-electron chi connectivity index (χ0n) is 14.4. The van der Waals surface area contributed by atoms with Gasteiger partial charge in [0.15, 0.2) is 0 Å². The number of benzene rings is 2. The highest BCUT2D eigenvalue weighted by Crippen LogP contribution is 2.48. The van der Waals surface area contributed by atoms with Crippen LogP contribution in [0.5, 0.6) is 0 Å². The second-order valence-corrected chi connectivity index (χ2v) is 6.67. The van der Waals surface area contributed by atoms with Gasteiger partial charge in [-0.25, -0.2) is 4.39 Å². The number of nitrogens with zero attached hydrogens (tertiary/aromatic N) is 1. The number of hydrogen-bond acceptors (Lipinski definition) is 2. The monoisotopic (exact) mass is 340 g/mol. The third-order valence-electron chi connectivity index (χ3n) is 4.64. The first-order chi connectivity index (χ1) is 11.9. The Balaban J connectivity index is 1.63. The Labute approximate surface area is 146 Å². The van der Waals surface area contributed by atoms with Crippen LogP contribution in [0.2, 0.25) is 0 Å². The maximum atomic E-state index is 13.1. The summed E-state index contributed by atoms with van der Waals surface area (Å²) in [6, 6.07) is 13.4. The van der Waals surface area contributed by atoms with Crippen LogP contribution in [0.4, 0.5) is 4.39 Å². The molecule has 1 N–H and O–H groups in total. The van der Waals surface area contributed by atoms with Crippen LogP contribution < -0.4 is 5.32 Å². The molecule has 0 radical (unpaired) electrons. The van der Waals surface area contributed by atoms with E-state index in [0.717, 1.165) is 24.0 Å². The molecule has 25 heavy (non-hydrogen) atoms. The van der Waals surface area contributed by atoms with Gasteiger partial charge in [0.05, 0.1) is 5.41 Å². The van der Waals surface area contributed by atoms with Crippen LogP contribution in [0.3, 0.4) is 0 Å². The minimum Gasteiger partial charge on any atom is -0.351 e. The number of hydrogen-bond donors (Lipinski definition) is 1. The van der Waals surface area contributed by atoms with E-state index in [1.165, 1.54) is 17.0 Å². The first-order valence-electron chi connectivity index (χ1n) is 8.27. The van der Waals surface area contributed by atoms with Crippen LogP contribution in [0.1, 0.15) is 34.3 Å². The highest BCUT2D eigenvalue weighted by molar-refractivity contribution is 5.94. The third kappa shape index (κ3) is 3.55. The molecule has 130 valence electrons. The molecule has 0 aliphatic heterocycles. The molecule has 5 heteroatoms. The summed E-state index contributed by atoms with van der Waals surface area (Å²) in [5, 5.41) is 2.96. The minimum atomic E-state index is -0.519. The van der Waals surface area contributed by atoms with Crippen molar-refractivity contribution in [3.63, 3.8) is 0 Å². The number of carbonyl (C=O) groups excluding carboxylic acids is 2. The minimum absolute atomic E-state index is 0.0347. The predicted molar refractivity (Wildman–Crippen MR) is 93.6 cm³/mol. The average Bonchev–Trinajstić information content (AvgIpc) is 3.42. The van der Waals surface area contributed by atoms with Gasteiger partial charge in [-0.05, 0) is 48.2 Å². The molecule has 0 spiro atoms. The third-order valence-corrected chi connectivity index (χ3v) is 4.64. The van der Waals surface area contributed by atoms with Gasteiger partial charge in [0.2, 0.25) is 5.91 Å². The quantitative estimate of drug-likeness (QED) is 0.910. The van der Waals surface area contributed by atoms with Crippen LogP contribution in [-0.2, 0) is 16.8 Å². The first kappa shape index (κ1) is 17.1. The van der Waals surface area contributed by atoms with Gasteiger partial charge in [0.25, 0.3) is 5.91 Å². The molecule has 0 atom stereocenters. The predicted octanol–water partition coefficient (Wildman–Crippen LogP) is 2.88. The SMILES string of the molecule is CN(C)C(=O)c1ccc(CNC(=O)C2(c3ccc(F)cc3)CC2)cc1.